The molecule has 0 amide bonds. The zero-order valence-electron chi connectivity index (χ0n) is 13.9. The Balaban J connectivity index is 2.34. The fourth-order valence-corrected chi connectivity index (χ4v) is 3.38. The maximum Gasteiger partial charge on any atom is 0.0521 e. The summed E-state index contributed by atoms with van der Waals surface area (Å²) in [7, 11) is 7.19. The highest BCUT2D eigenvalue weighted by atomic mass is 35.7. The summed E-state index contributed by atoms with van der Waals surface area (Å²) in [5.74, 6) is 0. The quantitative estimate of drug-likeness (QED) is 0.771. The van der Waals surface area contributed by atoms with E-state index in [1.54, 1.807) is 0 Å². The van der Waals surface area contributed by atoms with Gasteiger partial charge in [0, 0.05) is 29.6 Å². The van der Waals surface area contributed by atoms with Gasteiger partial charge in [0.05, 0.1) is 5.70 Å². The molecule has 0 heterocycles. The number of halogens is 1. The Morgan fingerprint density at radius 3 is 2.67 bits per heavy atom. The van der Waals surface area contributed by atoms with Crippen LogP contribution in [0.3, 0.4) is 0 Å². The van der Waals surface area contributed by atoms with Gasteiger partial charge >= 0.3 is 0 Å². The van der Waals surface area contributed by atoms with Gasteiger partial charge in [0.15, 0.2) is 0 Å². The Hall–Kier alpha value is -1.55. The minimum Gasteiger partial charge on any atom is -0.329 e. The Morgan fingerprint density at radius 1 is 1.25 bits per heavy atom. The van der Waals surface area contributed by atoms with E-state index in [-0.39, 0.29) is 5.25 Å². The average Bonchev–Trinajstić information content (AvgIpc) is 2.60. The van der Waals surface area contributed by atoms with Crippen molar-refractivity contribution in [3.8, 4) is 0 Å². The van der Waals surface area contributed by atoms with E-state index in [1.165, 1.54) is 22.1 Å². The number of aliphatic imine (C=N–C) groups is 1. The maximum atomic E-state index is 5.89. The van der Waals surface area contributed by atoms with Crippen molar-refractivity contribution in [2.24, 2.45) is 10.7 Å². The lowest BCUT2D eigenvalue weighted by atomic mass is 10.0. The van der Waals surface area contributed by atoms with Crippen LogP contribution >= 0.6 is 21.7 Å². The van der Waals surface area contributed by atoms with Crippen LogP contribution < -0.4 is 16.2 Å². The normalized spacial score (nSPS) is 14.0. The number of benzene rings is 2. The van der Waals surface area contributed by atoms with E-state index >= 15 is 0 Å². The monoisotopic (exact) mass is 358 g/mol. The van der Waals surface area contributed by atoms with Crippen LogP contribution in [0.1, 0.15) is 18.1 Å². The Morgan fingerprint density at radius 2 is 2.00 bits per heavy atom. The summed E-state index contributed by atoms with van der Waals surface area (Å²) in [5.41, 5.74) is 9.25. The average molecular weight is 359 g/mol. The van der Waals surface area contributed by atoms with Gasteiger partial charge in [-0.1, -0.05) is 66.1 Å². The first-order valence-corrected chi connectivity index (χ1v) is 9.69. The summed E-state index contributed by atoms with van der Waals surface area (Å²) in [6, 6.07) is 16.7. The highest BCUT2D eigenvalue weighted by Gasteiger charge is 2.08. The molecule has 0 aliphatic heterocycles. The molecule has 126 valence electrons. The van der Waals surface area contributed by atoms with Gasteiger partial charge in [0.1, 0.15) is 0 Å². The molecule has 2 rings (SSSR count). The van der Waals surface area contributed by atoms with E-state index in [4.69, 9.17) is 16.4 Å². The minimum absolute atomic E-state index is 0.236. The second-order valence-corrected chi connectivity index (χ2v) is 7.02. The predicted octanol–water partition coefficient (Wildman–Crippen LogP) is 3.30. The highest BCUT2D eigenvalue weighted by molar-refractivity contribution is 8.21. The number of hydrogen-bond donors (Lipinski definition) is 1. The Bertz CT molecular complexity index is 797. The van der Waals surface area contributed by atoms with Crippen LogP contribution in [0.15, 0.2) is 53.5 Å². The molecule has 2 aromatic carbocycles. The van der Waals surface area contributed by atoms with E-state index in [9.17, 15) is 0 Å². The fraction of sp³-hybridized carbons (Fsp3) is 0.250. The van der Waals surface area contributed by atoms with Crippen molar-refractivity contribution >= 4 is 40.1 Å². The zero-order valence-corrected chi connectivity index (χ0v) is 15.5. The number of hydrogen-bond acceptors (Lipinski definition) is 3. The summed E-state index contributed by atoms with van der Waals surface area (Å²) >= 11 is 0. The first-order chi connectivity index (χ1) is 11.7. The van der Waals surface area contributed by atoms with Crippen molar-refractivity contribution in [3.63, 3.8) is 0 Å². The van der Waals surface area contributed by atoms with Crippen molar-refractivity contribution in [1.82, 2.24) is 0 Å². The summed E-state index contributed by atoms with van der Waals surface area (Å²) < 4.78 is 0. The third-order valence-corrected chi connectivity index (χ3v) is 5.20. The maximum absolute atomic E-state index is 5.89. The van der Waals surface area contributed by atoms with Crippen molar-refractivity contribution in [2.75, 3.05) is 6.54 Å². The zero-order chi connectivity index (χ0) is 17.4. The third-order valence-electron chi connectivity index (χ3n) is 3.83. The molecule has 0 aliphatic carbocycles. The van der Waals surface area contributed by atoms with Gasteiger partial charge < -0.3 is 5.73 Å². The SMILES string of the molecule is C=c1cccc/c1=C(\Cc1cccc(CC(CN)SCl)c1)N=CC. The molecule has 0 saturated heterocycles. The molecule has 24 heavy (non-hydrogen) atoms. The molecule has 0 radical (unpaired) electrons. The molecule has 2 N–H and O–H groups in total. The lowest BCUT2D eigenvalue weighted by molar-refractivity contribution is 0.856. The second-order valence-electron chi connectivity index (χ2n) is 5.64. The van der Waals surface area contributed by atoms with E-state index in [1.807, 2.05) is 31.3 Å². The number of rotatable bonds is 7. The molecular formula is C20H23ClN2S. The van der Waals surface area contributed by atoms with E-state index in [0.717, 1.165) is 29.0 Å². The summed E-state index contributed by atoms with van der Waals surface area (Å²) in [4.78, 5) is 4.58. The number of nitrogens with zero attached hydrogens (tertiary/aromatic N) is 1. The van der Waals surface area contributed by atoms with Gasteiger partial charge in [-0.05, 0) is 40.4 Å². The van der Waals surface area contributed by atoms with Gasteiger partial charge in [-0.25, -0.2) is 0 Å². The standard InChI is InChI=1S/C20H23ClN2S/c1-3-23-20(19-10-5-4-7-15(19)2)13-17-9-6-8-16(11-17)12-18(14-22)24-21/h3-11,18H,2,12-14,22H2,1H3/b20-19-,23-3?. The summed E-state index contributed by atoms with van der Waals surface area (Å²) in [6.45, 7) is 6.63. The van der Waals surface area contributed by atoms with Gasteiger partial charge in [0.2, 0.25) is 0 Å². The number of nitrogens with two attached hydrogens (primary N) is 1. The van der Waals surface area contributed by atoms with Crippen LogP contribution in [0.5, 0.6) is 0 Å². The molecule has 1 unspecified atom stereocenters. The first-order valence-electron chi connectivity index (χ1n) is 7.99. The van der Waals surface area contributed by atoms with Crippen LogP contribution in [0.2, 0.25) is 0 Å². The van der Waals surface area contributed by atoms with Gasteiger partial charge in [-0.3, -0.25) is 4.99 Å². The molecule has 2 aromatic rings. The van der Waals surface area contributed by atoms with Gasteiger partial charge in [-0.15, -0.1) is 0 Å². The lowest BCUT2D eigenvalue weighted by Gasteiger charge is -2.11. The topological polar surface area (TPSA) is 38.4 Å². The largest absolute Gasteiger partial charge is 0.329 e. The lowest BCUT2D eigenvalue weighted by Crippen LogP contribution is -2.25. The molecule has 0 saturated carbocycles. The molecule has 0 fully saturated rings. The first kappa shape index (κ1) is 18.8. The van der Waals surface area contributed by atoms with Gasteiger partial charge in [-0.2, -0.15) is 0 Å². The Labute approximate surface area is 152 Å². The van der Waals surface area contributed by atoms with Crippen LogP contribution in [0.4, 0.5) is 0 Å². The van der Waals surface area contributed by atoms with Crippen molar-refractivity contribution in [3.05, 3.63) is 70.1 Å². The molecular weight excluding hydrogens is 336 g/mol. The van der Waals surface area contributed by atoms with Crippen LogP contribution in [-0.4, -0.2) is 18.0 Å². The highest BCUT2D eigenvalue weighted by Crippen LogP contribution is 2.20. The van der Waals surface area contributed by atoms with E-state index in [2.05, 4.69) is 41.9 Å². The smallest absolute Gasteiger partial charge is 0.0521 e. The molecule has 0 spiro atoms. The molecule has 0 aliphatic rings. The fourth-order valence-electron chi connectivity index (χ4n) is 2.64. The van der Waals surface area contributed by atoms with E-state index in [0.29, 0.717) is 6.54 Å². The predicted molar refractivity (Wildman–Crippen MR) is 109 cm³/mol. The minimum atomic E-state index is 0.236. The van der Waals surface area contributed by atoms with Gasteiger partial charge in [0.25, 0.3) is 0 Å². The van der Waals surface area contributed by atoms with Crippen molar-refractivity contribution in [1.29, 1.82) is 0 Å². The third kappa shape index (κ3) is 5.23. The van der Waals surface area contributed by atoms with Crippen molar-refractivity contribution in [2.45, 2.75) is 25.0 Å². The summed E-state index contributed by atoms with van der Waals surface area (Å²) in [6.07, 6.45) is 3.48. The molecule has 0 aromatic heterocycles. The molecule has 0 bridgehead atoms. The molecule has 1 atom stereocenters. The van der Waals surface area contributed by atoms with Crippen molar-refractivity contribution < 1.29 is 0 Å². The second kappa shape index (κ2) is 9.67. The molecule has 4 heteroatoms. The summed E-state index contributed by atoms with van der Waals surface area (Å²) in [5, 5.41) is 2.33. The molecule has 2 nitrogen and oxygen atoms in total. The van der Waals surface area contributed by atoms with E-state index < -0.39 is 0 Å². The van der Waals surface area contributed by atoms with Crippen LogP contribution in [0.25, 0.3) is 12.3 Å². The Kier molecular flexibility index (Phi) is 7.57. The van der Waals surface area contributed by atoms with Crippen LogP contribution in [0, 0.1) is 0 Å². The van der Waals surface area contributed by atoms with Crippen LogP contribution in [-0.2, 0) is 12.8 Å².